The van der Waals surface area contributed by atoms with Crippen LogP contribution in [-0.2, 0) is 4.79 Å². The van der Waals surface area contributed by atoms with Crippen molar-refractivity contribution in [1.82, 2.24) is 0 Å². The van der Waals surface area contributed by atoms with E-state index in [1.807, 2.05) is 0 Å². The van der Waals surface area contributed by atoms with Gasteiger partial charge in [0.2, 0.25) is 0 Å². The van der Waals surface area contributed by atoms with Crippen molar-refractivity contribution in [3.8, 4) is 5.75 Å². The lowest BCUT2D eigenvalue weighted by molar-refractivity contribution is -0.140. The van der Waals surface area contributed by atoms with Gasteiger partial charge in [0, 0.05) is 12.0 Å². The summed E-state index contributed by atoms with van der Waals surface area (Å²) < 4.78 is 5.08. The van der Waals surface area contributed by atoms with Crippen LogP contribution in [0.4, 0.5) is 0 Å². The van der Waals surface area contributed by atoms with Crippen LogP contribution in [0.5, 0.6) is 5.75 Å². The van der Waals surface area contributed by atoms with E-state index < -0.39 is 5.97 Å². The Morgan fingerprint density at radius 1 is 1.10 bits per heavy atom. The van der Waals surface area contributed by atoms with E-state index in [2.05, 4.69) is 0 Å². The average Bonchev–Trinajstić information content (AvgIpc) is 2.47. The van der Waals surface area contributed by atoms with Crippen LogP contribution in [-0.4, -0.2) is 24.0 Å². The molecule has 114 valence electrons. The van der Waals surface area contributed by atoms with E-state index in [4.69, 9.17) is 9.84 Å². The van der Waals surface area contributed by atoms with Crippen molar-refractivity contribution < 1.29 is 19.4 Å². The normalized spacial score (nSPS) is 17.2. The lowest BCUT2D eigenvalue weighted by Crippen LogP contribution is -2.30. The predicted molar refractivity (Wildman–Crippen MR) is 79.7 cm³/mol. The number of rotatable bonds is 6. The maximum Gasteiger partial charge on any atom is 0.303 e. The van der Waals surface area contributed by atoms with E-state index >= 15 is 0 Å². The molecule has 2 rings (SSSR count). The summed E-state index contributed by atoms with van der Waals surface area (Å²) in [6.07, 6.45) is 5.26. The van der Waals surface area contributed by atoms with Crippen molar-refractivity contribution >= 4 is 11.8 Å². The molecule has 0 unspecified atom stereocenters. The molecule has 0 amide bonds. The van der Waals surface area contributed by atoms with Crippen LogP contribution in [0, 0.1) is 5.41 Å². The van der Waals surface area contributed by atoms with Gasteiger partial charge in [-0.2, -0.15) is 0 Å². The Morgan fingerprint density at radius 3 is 2.24 bits per heavy atom. The molecule has 1 N–H and O–H groups in total. The zero-order chi connectivity index (χ0) is 15.3. The first-order valence-corrected chi connectivity index (χ1v) is 7.44. The van der Waals surface area contributed by atoms with Crippen LogP contribution in [0.1, 0.15) is 55.3 Å². The zero-order valence-corrected chi connectivity index (χ0v) is 12.4. The quantitative estimate of drug-likeness (QED) is 0.811. The first kappa shape index (κ1) is 15.5. The lowest BCUT2D eigenvalue weighted by atomic mass is 9.68. The van der Waals surface area contributed by atoms with Gasteiger partial charge in [-0.05, 0) is 42.5 Å². The minimum Gasteiger partial charge on any atom is -0.497 e. The molecule has 1 aromatic rings. The number of ether oxygens (including phenoxy) is 1. The van der Waals surface area contributed by atoms with Crippen LogP contribution in [0.2, 0.25) is 0 Å². The molecule has 0 heterocycles. The summed E-state index contributed by atoms with van der Waals surface area (Å²) in [6.45, 7) is 0. The molecule has 1 aliphatic carbocycles. The number of ketones is 1. The van der Waals surface area contributed by atoms with Gasteiger partial charge in [0.15, 0.2) is 5.78 Å². The molecule has 0 aliphatic heterocycles. The van der Waals surface area contributed by atoms with Gasteiger partial charge >= 0.3 is 5.97 Å². The third-order valence-corrected chi connectivity index (χ3v) is 4.39. The first-order valence-electron chi connectivity index (χ1n) is 7.44. The Kier molecular flexibility index (Phi) is 4.99. The number of carbonyl (C=O) groups is 2. The number of carbonyl (C=O) groups excluding carboxylic acids is 1. The summed E-state index contributed by atoms with van der Waals surface area (Å²) in [6, 6.07) is 7.02. The molecule has 0 aromatic heterocycles. The molecule has 0 bridgehead atoms. The standard InChI is InChI=1S/C17H22O4/c1-21-14-7-5-13(6-8-14)15(18)11-17(12-16(19)20)9-3-2-4-10-17/h5-8H,2-4,9-12H2,1H3,(H,19,20). The molecule has 4 nitrogen and oxygen atoms in total. The van der Waals surface area contributed by atoms with Crippen molar-refractivity contribution in [2.45, 2.75) is 44.9 Å². The molecule has 1 saturated carbocycles. The Morgan fingerprint density at radius 2 is 1.71 bits per heavy atom. The second kappa shape index (κ2) is 6.74. The Bertz CT molecular complexity index is 498. The molecule has 0 radical (unpaired) electrons. The van der Waals surface area contributed by atoms with Crippen molar-refractivity contribution in [2.24, 2.45) is 5.41 Å². The van der Waals surface area contributed by atoms with Crippen LogP contribution in [0.15, 0.2) is 24.3 Å². The van der Waals surface area contributed by atoms with Gasteiger partial charge in [0.25, 0.3) is 0 Å². The maximum absolute atomic E-state index is 12.5. The molecule has 0 atom stereocenters. The van der Waals surface area contributed by atoms with Gasteiger partial charge in [-0.1, -0.05) is 19.3 Å². The second-order valence-electron chi connectivity index (χ2n) is 5.96. The summed E-state index contributed by atoms with van der Waals surface area (Å²) in [5.74, 6) is -0.0651. The highest BCUT2D eigenvalue weighted by atomic mass is 16.5. The van der Waals surface area contributed by atoms with Crippen LogP contribution >= 0.6 is 0 Å². The summed E-state index contributed by atoms with van der Waals surface area (Å²) in [5.41, 5.74) is 0.271. The minimum atomic E-state index is -0.806. The van der Waals surface area contributed by atoms with Crippen molar-refractivity contribution in [3.63, 3.8) is 0 Å². The topological polar surface area (TPSA) is 63.6 Å². The van der Waals surface area contributed by atoms with Gasteiger partial charge in [-0.25, -0.2) is 0 Å². The van der Waals surface area contributed by atoms with E-state index in [1.54, 1.807) is 31.4 Å². The number of Topliss-reactive ketones (excluding diaryl/α,β-unsaturated/α-hetero) is 1. The predicted octanol–water partition coefficient (Wildman–Crippen LogP) is 3.69. The lowest BCUT2D eigenvalue weighted by Gasteiger charge is -2.35. The second-order valence-corrected chi connectivity index (χ2v) is 5.96. The summed E-state index contributed by atoms with van der Waals surface area (Å²) >= 11 is 0. The fourth-order valence-corrected chi connectivity index (χ4v) is 3.26. The van der Waals surface area contributed by atoms with E-state index in [-0.39, 0.29) is 17.6 Å². The van der Waals surface area contributed by atoms with Crippen molar-refractivity contribution in [1.29, 1.82) is 0 Å². The molecule has 4 heteroatoms. The van der Waals surface area contributed by atoms with Crippen LogP contribution in [0.25, 0.3) is 0 Å². The zero-order valence-electron chi connectivity index (χ0n) is 12.4. The number of carboxylic acids is 1. The summed E-state index contributed by atoms with van der Waals surface area (Å²) in [7, 11) is 1.58. The number of aliphatic carboxylic acids is 1. The fraction of sp³-hybridized carbons (Fsp3) is 0.529. The smallest absolute Gasteiger partial charge is 0.303 e. The van der Waals surface area contributed by atoms with Gasteiger partial charge < -0.3 is 9.84 Å². The van der Waals surface area contributed by atoms with Gasteiger partial charge in [-0.15, -0.1) is 0 Å². The molecular formula is C17H22O4. The minimum absolute atomic E-state index is 0.0285. The van der Waals surface area contributed by atoms with Gasteiger partial charge in [0.1, 0.15) is 5.75 Å². The molecule has 1 fully saturated rings. The van der Waals surface area contributed by atoms with E-state index in [1.165, 1.54) is 0 Å². The van der Waals surface area contributed by atoms with Crippen molar-refractivity contribution in [3.05, 3.63) is 29.8 Å². The third-order valence-electron chi connectivity index (χ3n) is 4.39. The largest absolute Gasteiger partial charge is 0.497 e. The van der Waals surface area contributed by atoms with E-state index in [9.17, 15) is 9.59 Å². The highest BCUT2D eigenvalue weighted by molar-refractivity contribution is 5.96. The Hall–Kier alpha value is -1.84. The molecule has 21 heavy (non-hydrogen) atoms. The summed E-state index contributed by atoms with van der Waals surface area (Å²) in [5, 5.41) is 9.15. The highest BCUT2D eigenvalue weighted by Gasteiger charge is 2.36. The molecule has 0 spiro atoms. The first-order chi connectivity index (χ1) is 10.0. The molecule has 1 aromatic carbocycles. The molecule has 1 aliphatic rings. The van der Waals surface area contributed by atoms with Gasteiger partial charge in [0.05, 0.1) is 13.5 Å². The number of methoxy groups -OCH3 is 1. The fourth-order valence-electron chi connectivity index (χ4n) is 3.26. The van der Waals surface area contributed by atoms with Crippen LogP contribution < -0.4 is 4.74 Å². The molecular weight excluding hydrogens is 268 g/mol. The SMILES string of the molecule is COc1ccc(C(=O)CC2(CC(=O)O)CCCCC2)cc1. The third kappa shape index (κ3) is 4.06. The Balaban J connectivity index is 2.11. The monoisotopic (exact) mass is 290 g/mol. The molecule has 0 saturated heterocycles. The number of hydrogen-bond acceptors (Lipinski definition) is 3. The average molecular weight is 290 g/mol. The van der Waals surface area contributed by atoms with E-state index in [0.29, 0.717) is 17.7 Å². The number of hydrogen-bond donors (Lipinski definition) is 1. The van der Waals surface area contributed by atoms with Crippen molar-refractivity contribution in [2.75, 3.05) is 7.11 Å². The number of carboxylic acid groups (broad SMARTS) is 1. The summed E-state index contributed by atoms with van der Waals surface area (Å²) in [4.78, 5) is 23.6. The van der Waals surface area contributed by atoms with Gasteiger partial charge in [-0.3, -0.25) is 9.59 Å². The van der Waals surface area contributed by atoms with E-state index in [0.717, 1.165) is 32.1 Å². The Labute approximate surface area is 125 Å². The highest BCUT2D eigenvalue weighted by Crippen LogP contribution is 2.43. The maximum atomic E-state index is 12.5. The van der Waals surface area contributed by atoms with Crippen LogP contribution in [0.3, 0.4) is 0 Å². The number of benzene rings is 1.